The molecule has 4 N–H and O–H groups in total. The summed E-state index contributed by atoms with van der Waals surface area (Å²) in [7, 11) is 0. The Kier molecular flexibility index (Phi) is 7.35. The maximum absolute atomic E-state index is 11.0. The zero-order valence-electron chi connectivity index (χ0n) is 8.18. The molecule has 0 aliphatic heterocycles. The molecule has 0 aliphatic rings. The van der Waals surface area contributed by atoms with Gasteiger partial charge in [-0.1, -0.05) is 12.2 Å². The number of rotatable bonds is 8. The highest BCUT2D eigenvalue weighted by molar-refractivity contribution is 7.79. The predicted molar refractivity (Wildman–Crippen MR) is 56.6 cm³/mol. The van der Waals surface area contributed by atoms with E-state index in [-0.39, 0.29) is 13.2 Å². The molecule has 6 nitrogen and oxygen atoms in total. The van der Waals surface area contributed by atoms with Gasteiger partial charge in [-0.05, 0) is 0 Å². The highest BCUT2D eigenvalue weighted by atomic mass is 32.1. The third-order valence-corrected chi connectivity index (χ3v) is 1.96. The Morgan fingerprint density at radius 2 is 1.87 bits per heavy atom. The summed E-state index contributed by atoms with van der Waals surface area (Å²) >= 11 is 4.45. The SMILES string of the molecule is O=C(CNC(CO)(CO)CO)OCC=S. The Balaban J connectivity index is 3.98. The summed E-state index contributed by atoms with van der Waals surface area (Å²) < 4.78 is 4.61. The largest absolute Gasteiger partial charge is 0.460 e. The van der Waals surface area contributed by atoms with Crippen LogP contribution >= 0.6 is 12.2 Å². The molecule has 0 saturated carbocycles. The maximum Gasteiger partial charge on any atom is 0.320 e. The van der Waals surface area contributed by atoms with Crippen LogP contribution in [0.3, 0.4) is 0 Å². The molecular weight excluding hydrogens is 222 g/mol. The molecule has 88 valence electrons. The van der Waals surface area contributed by atoms with Gasteiger partial charge in [-0.3, -0.25) is 10.1 Å². The molecule has 0 aromatic heterocycles. The molecule has 0 amide bonds. The molecule has 0 aromatic rings. The molecule has 0 aromatic carbocycles. The van der Waals surface area contributed by atoms with Crippen molar-refractivity contribution >= 4 is 23.6 Å². The van der Waals surface area contributed by atoms with E-state index in [0.717, 1.165) is 0 Å². The first-order chi connectivity index (χ1) is 7.14. The number of carbonyl (C=O) groups is 1. The third kappa shape index (κ3) is 5.14. The van der Waals surface area contributed by atoms with Crippen molar-refractivity contribution in [1.82, 2.24) is 5.32 Å². The number of hydrogen-bond donors (Lipinski definition) is 4. The lowest BCUT2D eigenvalue weighted by Crippen LogP contribution is -2.56. The molecule has 0 rings (SSSR count). The van der Waals surface area contributed by atoms with E-state index in [0.29, 0.717) is 0 Å². The quantitative estimate of drug-likeness (QED) is 0.282. The smallest absolute Gasteiger partial charge is 0.320 e. The van der Waals surface area contributed by atoms with E-state index in [1.165, 1.54) is 5.37 Å². The van der Waals surface area contributed by atoms with Gasteiger partial charge in [0.2, 0.25) is 0 Å². The van der Waals surface area contributed by atoms with Crippen molar-refractivity contribution in [1.29, 1.82) is 0 Å². The van der Waals surface area contributed by atoms with Gasteiger partial charge in [0.1, 0.15) is 6.61 Å². The summed E-state index contributed by atoms with van der Waals surface area (Å²) in [5.74, 6) is -0.573. The number of carbonyl (C=O) groups excluding carboxylic acids is 1. The van der Waals surface area contributed by atoms with Crippen LogP contribution in [0.2, 0.25) is 0 Å². The van der Waals surface area contributed by atoms with E-state index in [2.05, 4.69) is 22.3 Å². The van der Waals surface area contributed by atoms with Gasteiger partial charge in [0.05, 0.1) is 31.9 Å². The number of thiocarbonyl (C=S) groups is 1. The Morgan fingerprint density at radius 3 is 2.27 bits per heavy atom. The fourth-order valence-corrected chi connectivity index (χ4v) is 0.823. The van der Waals surface area contributed by atoms with Crippen molar-refractivity contribution in [3.63, 3.8) is 0 Å². The number of aliphatic hydroxyl groups excluding tert-OH is 3. The summed E-state index contributed by atoms with van der Waals surface area (Å²) in [5, 5.41) is 30.5. The van der Waals surface area contributed by atoms with Crippen molar-refractivity contribution < 1.29 is 24.9 Å². The molecule has 0 unspecified atom stereocenters. The van der Waals surface area contributed by atoms with Gasteiger partial charge >= 0.3 is 5.97 Å². The van der Waals surface area contributed by atoms with Gasteiger partial charge in [-0.25, -0.2) is 0 Å². The monoisotopic (exact) mass is 237 g/mol. The molecule has 0 heterocycles. The van der Waals surface area contributed by atoms with Crippen molar-refractivity contribution in [2.75, 3.05) is 33.0 Å². The Hall–Kier alpha value is -0.600. The molecule has 0 bridgehead atoms. The van der Waals surface area contributed by atoms with Crippen molar-refractivity contribution in [2.24, 2.45) is 0 Å². The number of aliphatic hydroxyl groups is 3. The zero-order valence-corrected chi connectivity index (χ0v) is 9.00. The zero-order chi connectivity index (χ0) is 11.7. The predicted octanol–water partition coefficient (Wildman–Crippen LogP) is -2.17. The second-order valence-electron chi connectivity index (χ2n) is 2.96. The lowest BCUT2D eigenvalue weighted by molar-refractivity contribution is -0.141. The molecular formula is C8H15NO5S. The summed E-state index contributed by atoms with van der Waals surface area (Å²) in [6.07, 6.45) is 0. The van der Waals surface area contributed by atoms with Crippen LogP contribution in [-0.4, -0.2) is 65.2 Å². The van der Waals surface area contributed by atoms with Crippen LogP contribution in [0.5, 0.6) is 0 Å². The molecule has 0 fully saturated rings. The molecule has 0 atom stereocenters. The molecule has 0 radical (unpaired) electrons. The van der Waals surface area contributed by atoms with Gasteiger partial charge in [0.25, 0.3) is 0 Å². The fraction of sp³-hybridized carbons (Fsp3) is 0.750. The van der Waals surface area contributed by atoms with E-state index in [4.69, 9.17) is 15.3 Å². The van der Waals surface area contributed by atoms with Crippen LogP contribution in [0, 0.1) is 0 Å². The average Bonchev–Trinajstić information content (AvgIpc) is 2.29. The van der Waals surface area contributed by atoms with Crippen molar-refractivity contribution in [3.05, 3.63) is 0 Å². The van der Waals surface area contributed by atoms with Crippen molar-refractivity contribution in [3.8, 4) is 0 Å². The van der Waals surface area contributed by atoms with E-state index in [9.17, 15) is 4.79 Å². The van der Waals surface area contributed by atoms with E-state index in [1.807, 2.05) is 0 Å². The van der Waals surface area contributed by atoms with E-state index in [1.54, 1.807) is 0 Å². The lowest BCUT2D eigenvalue weighted by Gasteiger charge is -2.28. The number of esters is 1. The first-order valence-corrected chi connectivity index (χ1v) is 4.78. The summed E-state index contributed by atoms with van der Waals surface area (Å²) in [6.45, 7) is -1.65. The number of ether oxygens (including phenoxy) is 1. The van der Waals surface area contributed by atoms with Crippen LogP contribution in [0.1, 0.15) is 0 Å². The van der Waals surface area contributed by atoms with Gasteiger partial charge in [0, 0.05) is 5.37 Å². The highest BCUT2D eigenvalue weighted by Gasteiger charge is 2.28. The highest BCUT2D eigenvalue weighted by Crippen LogP contribution is 2.00. The number of hydrogen-bond acceptors (Lipinski definition) is 7. The number of nitrogens with one attached hydrogen (secondary N) is 1. The van der Waals surface area contributed by atoms with Gasteiger partial charge in [-0.15, -0.1) is 0 Å². The first-order valence-electron chi connectivity index (χ1n) is 4.31. The van der Waals surface area contributed by atoms with E-state index >= 15 is 0 Å². The normalized spacial score (nSPS) is 11.1. The standard InChI is InChI=1S/C8H15NO5S/c10-4-8(5-11,6-12)9-3-7(13)14-1-2-15/h2,9-12H,1,3-6H2. The van der Waals surface area contributed by atoms with Gasteiger partial charge in [0.15, 0.2) is 0 Å². The maximum atomic E-state index is 11.0. The molecule has 0 saturated heterocycles. The van der Waals surface area contributed by atoms with Gasteiger partial charge < -0.3 is 20.1 Å². The van der Waals surface area contributed by atoms with Gasteiger partial charge in [-0.2, -0.15) is 0 Å². The minimum absolute atomic E-state index is 0.0280. The Morgan fingerprint density at radius 1 is 1.33 bits per heavy atom. The van der Waals surface area contributed by atoms with E-state index < -0.39 is 31.3 Å². The molecule has 7 heteroatoms. The molecule has 0 spiro atoms. The molecule has 0 aliphatic carbocycles. The Labute approximate surface area is 92.9 Å². The Bertz CT molecular complexity index is 199. The minimum Gasteiger partial charge on any atom is -0.460 e. The first kappa shape index (κ1) is 14.4. The van der Waals surface area contributed by atoms with Crippen LogP contribution in [0.4, 0.5) is 0 Å². The molecule has 15 heavy (non-hydrogen) atoms. The second kappa shape index (κ2) is 7.66. The summed E-state index contributed by atoms with van der Waals surface area (Å²) in [6, 6.07) is 0. The summed E-state index contributed by atoms with van der Waals surface area (Å²) in [5.41, 5.74) is -1.27. The van der Waals surface area contributed by atoms with Crippen LogP contribution in [0.15, 0.2) is 0 Å². The average molecular weight is 237 g/mol. The minimum atomic E-state index is -1.27. The summed E-state index contributed by atoms with van der Waals surface area (Å²) in [4.78, 5) is 11.0. The fourth-order valence-electron chi connectivity index (χ4n) is 0.755. The second-order valence-corrected chi connectivity index (χ2v) is 3.29. The lowest BCUT2D eigenvalue weighted by atomic mass is 10.0. The van der Waals surface area contributed by atoms with Crippen molar-refractivity contribution in [2.45, 2.75) is 5.54 Å². The van der Waals surface area contributed by atoms with Crippen LogP contribution in [0.25, 0.3) is 0 Å². The van der Waals surface area contributed by atoms with Crippen LogP contribution < -0.4 is 5.32 Å². The van der Waals surface area contributed by atoms with Crippen LogP contribution in [-0.2, 0) is 9.53 Å². The third-order valence-electron chi connectivity index (χ3n) is 1.83. The topological polar surface area (TPSA) is 99.0 Å².